The molecule has 4 rings (SSSR count). The molecule has 6 nitrogen and oxygen atoms in total. The second kappa shape index (κ2) is 10.1. The van der Waals surface area contributed by atoms with Crippen molar-refractivity contribution < 1.29 is 17.2 Å². The van der Waals surface area contributed by atoms with Gasteiger partial charge >= 0.3 is 10.2 Å². The van der Waals surface area contributed by atoms with Crippen molar-refractivity contribution in [1.82, 2.24) is 10.2 Å². The molecule has 11 heteroatoms. The quantitative estimate of drug-likeness (QED) is 0.729. The average Bonchev–Trinajstić information content (AvgIpc) is 2.83. The number of halogens is 4. The van der Waals surface area contributed by atoms with Crippen LogP contribution in [0.2, 0.25) is 0 Å². The van der Waals surface area contributed by atoms with E-state index in [2.05, 4.69) is 10.2 Å². The first kappa shape index (κ1) is 24.6. The van der Waals surface area contributed by atoms with E-state index in [1.807, 2.05) is 0 Å². The molecule has 1 N–H and O–H groups in total. The fraction of sp³-hybridized carbons (Fsp3) is 0.368. The summed E-state index contributed by atoms with van der Waals surface area (Å²) in [5, 5.41) is 3.32. The van der Waals surface area contributed by atoms with Crippen molar-refractivity contribution in [3.05, 3.63) is 54.1 Å². The van der Waals surface area contributed by atoms with Crippen molar-refractivity contribution in [1.29, 1.82) is 0 Å². The van der Waals surface area contributed by atoms with Gasteiger partial charge in [-0.3, -0.25) is 0 Å². The monoisotopic (exact) mass is 480 g/mol. The molecule has 0 aromatic heterocycles. The van der Waals surface area contributed by atoms with Crippen molar-refractivity contribution in [2.75, 3.05) is 47.9 Å². The van der Waals surface area contributed by atoms with Gasteiger partial charge in [0.25, 0.3) is 0 Å². The number of hydrogen-bond acceptors (Lipinski definition) is 4. The van der Waals surface area contributed by atoms with Crippen molar-refractivity contribution in [2.45, 2.75) is 6.42 Å². The summed E-state index contributed by atoms with van der Waals surface area (Å²) in [6.45, 7) is 4.42. The van der Waals surface area contributed by atoms with Crippen LogP contribution in [-0.2, 0) is 10.2 Å². The van der Waals surface area contributed by atoms with E-state index in [9.17, 15) is 17.2 Å². The summed E-state index contributed by atoms with van der Waals surface area (Å²) in [4.78, 5) is 2.22. The summed E-state index contributed by atoms with van der Waals surface area (Å²) in [6, 6.07) is 9.70. The Kier molecular flexibility index (Phi) is 8.29. The van der Waals surface area contributed by atoms with Gasteiger partial charge in [-0.05, 0) is 43.8 Å². The molecule has 0 radical (unpaired) electrons. The van der Waals surface area contributed by atoms with Crippen molar-refractivity contribution in [3.63, 3.8) is 0 Å². The van der Waals surface area contributed by atoms with Gasteiger partial charge in [0.05, 0.1) is 17.1 Å². The molecule has 0 atom stereocenters. The summed E-state index contributed by atoms with van der Waals surface area (Å²) in [5.41, 5.74) is 0.681. The normalized spacial score (nSPS) is 18.2. The van der Waals surface area contributed by atoms with Crippen LogP contribution in [0.15, 0.2) is 42.5 Å². The Labute approximate surface area is 187 Å². The van der Waals surface area contributed by atoms with Crippen LogP contribution in [-0.4, -0.2) is 52.6 Å². The Bertz CT molecular complexity index is 973. The number of fused-ring (bicyclic) bond motifs is 1. The molecule has 0 bridgehead atoms. The Hall–Kier alpha value is -1.65. The van der Waals surface area contributed by atoms with E-state index < -0.39 is 21.8 Å². The van der Waals surface area contributed by atoms with Gasteiger partial charge in [-0.25, -0.2) is 17.4 Å². The SMILES string of the molecule is Cl.Cl.O=S1(=O)N(CCN2CCCNCC2)c2ccccc2N1c1ccc(F)cc1F. The van der Waals surface area contributed by atoms with Crippen molar-refractivity contribution >= 4 is 52.1 Å². The van der Waals surface area contributed by atoms with Gasteiger partial charge in [0.1, 0.15) is 5.82 Å². The summed E-state index contributed by atoms with van der Waals surface area (Å²) >= 11 is 0. The molecule has 0 unspecified atom stereocenters. The van der Waals surface area contributed by atoms with Gasteiger partial charge in [-0.15, -0.1) is 24.8 Å². The first-order valence-corrected chi connectivity index (χ1v) is 10.7. The summed E-state index contributed by atoms with van der Waals surface area (Å²) < 4.78 is 56.6. The fourth-order valence-corrected chi connectivity index (χ4v) is 5.40. The molecule has 0 spiro atoms. The predicted octanol–water partition coefficient (Wildman–Crippen LogP) is 3.31. The minimum Gasteiger partial charge on any atom is -0.315 e. The topological polar surface area (TPSA) is 55.9 Å². The minimum atomic E-state index is -4.02. The average molecular weight is 481 g/mol. The maximum atomic E-state index is 14.4. The number of benzene rings is 2. The molecule has 2 heterocycles. The Morgan fingerprint density at radius 1 is 0.900 bits per heavy atom. The van der Waals surface area contributed by atoms with E-state index in [0.29, 0.717) is 24.0 Å². The van der Waals surface area contributed by atoms with E-state index >= 15 is 0 Å². The Morgan fingerprint density at radius 3 is 2.37 bits per heavy atom. The standard InChI is InChI=1S/C19H22F2N4O2S.2ClH/c20-15-6-7-17(16(21)14-15)25-19-5-2-1-4-18(19)24(28(25,26)27)13-12-23-10-3-8-22-9-11-23;;/h1-2,4-7,14,22H,3,8-13H2;2*1H. The summed E-state index contributed by atoms with van der Waals surface area (Å²) in [6.07, 6.45) is 1.01. The van der Waals surface area contributed by atoms with Gasteiger partial charge < -0.3 is 10.2 Å². The zero-order valence-electron chi connectivity index (χ0n) is 16.1. The van der Waals surface area contributed by atoms with Crippen LogP contribution in [0.4, 0.5) is 25.8 Å². The number of para-hydroxylation sites is 2. The molecule has 2 aliphatic rings. The van der Waals surface area contributed by atoms with E-state index in [1.165, 1.54) is 4.31 Å². The molecular formula is C19H24Cl2F2N4O2S. The van der Waals surface area contributed by atoms with Crippen LogP contribution in [0.1, 0.15) is 6.42 Å². The highest BCUT2D eigenvalue weighted by atomic mass is 35.5. The van der Waals surface area contributed by atoms with Crippen LogP contribution < -0.4 is 13.9 Å². The molecular weight excluding hydrogens is 457 g/mol. The molecule has 0 aliphatic carbocycles. The number of anilines is 3. The van der Waals surface area contributed by atoms with Crippen LogP contribution in [0.5, 0.6) is 0 Å². The molecule has 30 heavy (non-hydrogen) atoms. The largest absolute Gasteiger partial charge is 0.331 e. The maximum Gasteiger partial charge on any atom is 0.331 e. The third kappa shape index (κ3) is 4.65. The molecule has 1 saturated heterocycles. The molecule has 2 aliphatic heterocycles. The molecule has 2 aromatic carbocycles. The maximum absolute atomic E-state index is 14.4. The van der Waals surface area contributed by atoms with Crippen LogP contribution >= 0.6 is 24.8 Å². The van der Waals surface area contributed by atoms with E-state index in [4.69, 9.17) is 0 Å². The predicted molar refractivity (Wildman–Crippen MR) is 120 cm³/mol. The first-order chi connectivity index (χ1) is 13.5. The highest BCUT2D eigenvalue weighted by molar-refractivity contribution is 7.95. The second-order valence-electron chi connectivity index (χ2n) is 6.87. The minimum absolute atomic E-state index is 0. The molecule has 0 amide bonds. The van der Waals surface area contributed by atoms with Gasteiger partial charge in [-0.2, -0.15) is 8.42 Å². The molecule has 0 saturated carbocycles. The number of nitrogens with zero attached hydrogens (tertiary/aromatic N) is 3. The fourth-order valence-electron chi connectivity index (χ4n) is 3.69. The highest BCUT2D eigenvalue weighted by Gasteiger charge is 2.42. The Balaban J connectivity index is 0.00000160. The highest BCUT2D eigenvalue weighted by Crippen LogP contribution is 2.45. The summed E-state index contributed by atoms with van der Waals surface area (Å²) in [5.74, 6) is -1.67. The zero-order valence-corrected chi connectivity index (χ0v) is 18.6. The number of hydrogen-bond donors (Lipinski definition) is 1. The van der Waals surface area contributed by atoms with Gasteiger partial charge in [0.2, 0.25) is 0 Å². The molecule has 1 fully saturated rings. The van der Waals surface area contributed by atoms with E-state index in [1.54, 1.807) is 24.3 Å². The smallest absolute Gasteiger partial charge is 0.315 e. The summed E-state index contributed by atoms with van der Waals surface area (Å²) in [7, 11) is -4.02. The van der Waals surface area contributed by atoms with Crippen LogP contribution in [0.3, 0.4) is 0 Å². The Morgan fingerprint density at radius 2 is 1.63 bits per heavy atom. The van der Waals surface area contributed by atoms with E-state index in [0.717, 1.165) is 49.0 Å². The van der Waals surface area contributed by atoms with Crippen molar-refractivity contribution in [2.24, 2.45) is 0 Å². The zero-order chi connectivity index (χ0) is 19.7. The lowest BCUT2D eigenvalue weighted by Gasteiger charge is -2.25. The third-order valence-electron chi connectivity index (χ3n) is 5.06. The third-order valence-corrected chi connectivity index (χ3v) is 6.85. The lowest BCUT2D eigenvalue weighted by Crippen LogP contribution is -2.41. The van der Waals surface area contributed by atoms with Crippen LogP contribution in [0, 0.1) is 11.6 Å². The molecule has 2 aromatic rings. The van der Waals surface area contributed by atoms with E-state index in [-0.39, 0.29) is 37.0 Å². The van der Waals surface area contributed by atoms with Gasteiger partial charge in [-0.1, -0.05) is 12.1 Å². The lowest BCUT2D eigenvalue weighted by atomic mass is 10.2. The number of rotatable bonds is 4. The molecule has 166 valence electrons. The van der Waals surface area contributed by atoms with Crippen LogP contribution in [0.25, 0.3) is 0 Å². The van der Waals surface area contributed by atoms with Gasteiger partial charge in [0.15, 0.2) is 5.82 Å². The second-order valence-corrected chi connectivity index (χ2v) is 8.58. The lowest BCUT2D eigenvalue weighted by molar-refractivity contribution is 0.301. The van der Waals surface area contributed by atoms with Gasteiger partial charge in [0, 0.05) is 32.2 Å². The first-order valence-electron chi connectivity index (χ1n) is 9.28. The van der Waals surface area contributed by atoms with Crippen molar-refractivity contribution in [3.8, 4) is 0 Å². The number of nitrogens with one attached hydrogen (secondary N) is 1.